The molecule has 0 aliphatic rings. The molecule has 0 spiro atoms. The quantitative estimate of drug-likeness (QED) is 0.562. The highest BCUT2D eigenvalue weighted by Crippen LogP contribution is 2.27. The third kappa shape index (κ3) is 4.54. The fourth-order valence-electron chi connectivity index (χ4n) is 2.22. The number of anilines is 1. The van der Waals surface area contributed by atoms with Crippen LogP contribution in [0.25, 0.3) is 0 Å². The first-order chi connectivity index (χ1) is 12.0. The first kappa shape index (κ1) is 17.8. The fraction of sp³-hybridized carbons (Fsp3) is 0.105. The van der Waals surface area contributed by atoms with Gasteiger partial charge in [-0.05, 0) is 48.2 Å². The molecule has 2 aromatic carbocycles. The van der Waals surface area contributed by atoms with Crippen LogP contribution in [0.4, 0.5) is 5.69 Å². The monoisotopic (exact) mass is 391 g/mol. The molecule has 3 aromatic rings. The predicted molar refractivity (Wildman–Crippen MR) is 104 cm³/mol. The van der Waals surface area contributed by atoms with Gasteiger partial charge in [0, 0.05) is 10.6 Å². The molecule has 1 amide bonds. The molecule has 3 nitrogen and oxygen atoms in total. The van der Waals surface area contributed by atoms with Crippen LogP contribution in [0.15, 0.2) is 53.9 Å². The van der Waals surface area contributed by atoms with Crippen molar-refractivity contribution in [2.45, 2.75) is 13.5 Å². The zero-order chi connectivity index (χ0) is 17.8. The highest BCUT2D eigenvalue weighted by molar-refractivity contribution is 7.12. The minimum atomic E-state index is -0.212. The van der Waals surface area contributed by atoms with Crippen LogP contribution in [0, 0.1) is 6.92 Å². The molecule has 3 rings (SSSR count). The second-order valence-corrected chi connectivity index (χ2v) is 7.21. The van der Waals surface area contributed by atoms with Crippen molar-refractivity contribution in [2.24, 2.45) is 0 Å². The number of nitrogens with one attached hydrogen (secondary N) is 1. The molecule has 0 fully saturated rings. The smallest absolute Gasteiger partial charge is 0.265 e. The van der Waals surface area contributed by atoms with Crippen molar-refractivity contribution in [2.75, 3.05) is 5.32 Å². The lowest BCUT2D eigenvalue weighted by Crippen LogP contribution is -2.10. The summed E-state index contributed by atoms with van der Waals surface area (Å²) in [5.41, 5.74) is 2.55. The van der Waals surface area contributed by atoms with Gasteiger partial charge in [-0.15, -0.1) is 11.3 Å². The van der Waals surface area contributed by atoms with E-state index in [2.05, 4.69) is 5.32 Å². The van der Waals surface area contributed by atoms with E-state index >= 15 is 0 Å². The summed E-state index contributed by atoms with van der Waals surface area (Å²) in [5.74, 6) is 0.629. The lowest BCUT2D eigenvalue weighted by Gasteiger charge is -2.07. The van der Waals surface area contributed by atoms with Crippen LogP contribution >= 0.6 is 34.5 Å². The molecule has 0 aliphatic heterocycles. The minimum absolute atomic E-state index is 0.212. The number of para-hydroxylation sites is 1. The van der Waals surface area contributed by atoms with Gasteiger partial charge in [-0.3, -0.25) is 4.79 Å². The number of thiophene rings is 1. The maximum atomic E-state index is 12.4. The Morgan fingerprint density at radius 3 is 2.72 bits per heavy atom. The van der Waals surface area contributed by atoms with Crippen LogP contribution in [0.3, 0.4) is 0 Å². The molecule has 0 unspecified atom stereocenters. The average molecular weight is 392 g/mol. The molecule has 1 N–H and O–H groups in total. The van der Waals surface area contributed by atoms with Crippen molar-refractivity contribution in [1.82, 2.24) is 0 Å². The van der Waals surface area contributed by atoms with Gasteiger partial charge in [0.1, 0.15) is 12.4 Å². The lowest BCUT2D eigenvalue weighted by atomic mass is 10.2. The molecule has 0 radical (unpaired) electrons. The molecule has 1 aromatic heterocycles. The molecule has 25 heavy (non-hydrogen) atoms. The summed E-state index contributed by atoms with van der Waals surface area (Å²) in [6, 6.07) is 14.6. The SMILES string of the molecule is Cc1ccccc1OCc1csc(C(=O)Nc2ccc(Cl)cc2Cl)c1. The van der Waals surface area contributed by atoms with E-state index in [9.17, 15) is 4.79 Å². The van der Waals surface area contributed by atoms with E-state index in [4.69, 9.17) is 27.9 Å². The average Bonchev–Trinajstić information content (AvgIpc) is 3.06. The van der Waals surface area contributed by atoms with Gasteiger partial charge in [-0.1, -0.05) is 41.4 Å². The summed E-state index contributed by atoms with van der Waals surface area (Å²) in [6.07, 6.45) is 0. The fourth-order valence-corrected chi connectivity index (χ4v) is 3.47. The van der Waals surface area contributed by atoms with Crippen molar-refractivity contribution in [3.05, 3.63) is 80.0 Å². The number of benzene rings is 2. The van der Waals surface area contributed by atoms with Crippen molar-refractivity contribution < 1.29 is 9.53 Å². The summed E-state index contributed by atoms with van der Waals surface area (Å²) in [7, 11) is 0. The number of carbonyl (C=O) groups is 1. The molecule has 0 bridgehead atoms. The Bertz CT molecular complexity index is 908. The Morgan fingerprint density at radius 2 is 1.96 bits per heavy atom. The molecule has 0 aliphatic carbocycles. The molecule has 1 heterocycles. The number of ether oxygens (including phenoxy) is 1. The van der Waals surface area contributed by atoms with Crippen LogP contribution in [0.5, 0.6) is 5.75 Å². The first-order valence-electron chi connectivity index (χ1n) is 7.55. The second-order valence-electron chi connectivity index (χ2n) is 5.45. The maximum Gasteiger partial charge on any atom is 0.265 e. The summed E-state index contributed by atoms with van der Waals surface area (Å²) < 4.78 is 5.81. The van der Waals surface area contributed by atoms with E-state index in [1.807, 2.05) is 42.6 Å². The number of rotatable bonds is 5. The van der Waals surface area contributed by atoms with E-state index in [-0.39, 0.29) is 5.91 Å². The summed E-state index contributed by atoms with van der Waals surface area (Å²) >= 11 is 13.3. The van der Waals surface area contributed by atoms with Gasteiger partial charge in [0.05, 0.1) is 15.6 Å². The van der Waals surface area contributed by atoms with Crippen LogP contribution in [-0.2, 0) is 6.61 Å². The summed E-state index contributed by atoms with van der Waals surface area (Å²) in [4.78, 5) is 13.0. The summed E-state index contributed by atoms with van der Waals surface area (Å²) in [5, 5.41) is 5.63. The van der Waals surface area contributed by atoms with Gasteiger partial charge in [-0.25, -0.2) is 0 Å². The first-order valence-corrected chi connectivity index (χ1v) is 9.19. The van der Waals surface area contributed by atoms with Crippen molar-refractivity contribution in [3.63, 3.8) is 0 Å². The van der Waals surface area contributed by atoms with Gasteiger partial charge in [0.2, 0.25) is 0 Å². The number of hydrogen-bond donors (Lipinski definition) is 1. The van der Waals surface area contributed by atoms with Gasteiger partial charge >= 0.3 is 0 Å². The Morgan fingerprint density at radius 1 is 1.16 bits per heavy atom. The van der Waals surface area contributed by atoms with E-state index in [1.54, 1.807) is 18.2 Å². The topological polar surface area (TPSA) is 38.3 Å². The third-order valence-corrected chi connectivity index (χ3v) is 5.07. The Kier molecular flexibility index (Phi) is 5.63. The summed E-state index contributed by atoms with van der Waals surface area (Å²) in [6.45, 7) is 2.41. The maximum absolute atomic E-state index is 12.4. The van der Waals surface area contributed by atoms with Crippen molar-refractivity contribution >= 4 is 46.1 Å². The van der Waals surface area contributed by atoms with E-state index in [0.29, 0.717) is 27.2 Å². The standard InChI is InChI=1S/C19H15Cl2NO2S/c1-12-4-2-3-5-17(12)24-10-13-8-18(25-11-13)19(23)22-16-7-6-14(20)9-15(16)21/h2-9,11H,10H2,1H3,(H,22,23). The van der Waals surface area contributed by atoms with Gasteiger partial charge in [0.15, 0.2) is 0 Å². The highest BCUT2D eigenvalue weighted by Gasteiger charge is 2.12. The molecule has 6 heteroatoms. The highest BCUT2D eigenvalue weighted by atomic mass is 35.5. The molecule has 128 valence electrons. The lowest BCUT2D eigenvalue weighted by molar-refractivity contribution is 0.103. The van der Waals surface area contributed by atoms with E-state index < -0.39 is 0 Å². The van der Waals surface area contributed by atoms with Crippen LogP contribution in [0.2, 0.25) is 10.0 Å². The van der Waals surface area contributed by atoms with E-state index in [1.165, 1.54) is 11.3 Å². The van der Waals surface area contributed by atoms with Gasteiger partial charge in [0.25, 0.3) is 5.91 Å². The Labute approximate surface area is 160 Å². The van der Waals surface area contributed by atoms with Gasteiger partial charge in [-0.2, -0.15) is 0 Å². The number of hydrogen-bond acceptors (Lipinski definition) is 3. The zero-order valence-corrected chi connectivity index (χ0v) is 15.7. The number of aryl methyl sites for hydroxylation is 1. The molecule has 0 saturated heterocycles. The molecule has 0 atom stereocenters. The molecular formula is C19H15Cl2NO2S. The van der Waals surface area contributed by atoms with Gasteiger partial charge < -0.3 is 10.1 Å². The van der Waals surface area contributed by atoms with Crippen molar-refractivity contribution in [3.8, 4) is 5.75 Å². The van der Waals surface area contributed by atoms with E-state index in [0.717, 1.165) is 16.9 Å². The Hall–Kier alpha value is -2.01. The second kappa shape index (κ2) is 7.91. The van der Waals surface area contributed by atoms with Crippen molar-refractivity contribution in [1.29, 1.82) is 0 Å². The number of halogens is 2. The largest absolute Gasteiger partial charge is 0.489 e. The zero-order valence-electron chi connectivity index (χ0n) is 13.4. The number of carbonyl (C=O) groups excluding carboxylic acids is 1. The van der Waals surface area contributed by atoms with Crippen LogP contribution in [-0.4, -0.2) is 5.91 Å². The predicted octanol–water partition coefficient (Wildman–Crippen LogP) is 6.19. The third-order valence-electron chi connectivity index (χ3n) is 3.54. The van der Waals surface area contributed by atoms with Crippen LogP contribution in [0.1, 0.15) is 20.8 Å². The number of amides is 1. The normalized spacial score (nSPS) is 10.5. The Balaban J connectivity index is 1.64. The molecule has 0 saturated carbocycles. The molecular weight excluding hydrogens is 377 g/mol. The minimum Gasteiger partial charge on any atom is -0.489 e. The van der Waals surface area contributed by atoms with Crippen LogP contribution < -0.4 is 10.1 Å².